The molecule has 1 saturated heterocycles. The molecule has 5 aromatic carbocycles. The van der Waals surface area contributed by atoms with E-state index in [0.29, 0.717) is 0 Å². The van der Waals surface area contributed by atoms with Gasteiger partial charge in [-0.3, -0.25) is 0 Å². The van der Waals surface area contributed by atoms with Crippen molar-refractivity contribution in [1.82, 2.24) is 0 Å². The number of esters is 4. The molecular formula is C42H32F3NO10. The number of nitrogens with zero attached hydrogens (tertiary/aromatic N) is 1. The Labute approximate surface area is 318 Å². The van der Waals surface area contributed by atoms with Gasteiger partial charge in [-0.2, -0.15) is 13.2 Å². The number of ether oxygens (including phenoxy) is 6. The van der Waals surface area contributed by atoms with Gasteiger partial charge >= 0.3 is 30.1 Å². The topological polar surface area (TPSA) is 136 Å². The lowest BCUT2D eigenvalue weighted by Gasteiger charge is -2.28. The van der Waals surface area contributed by atoms with Gasteiger partial charge in [0, 0.05) is 0 Å². The molecule has 286 valence electrons. The van der Waals surface area contributed by atoms with E-state index in [1.807, 2.05) is 0 Å². The maximum atomic E-state index is 14.6. The van der Waals surface area contributed by atoms with E-state index in [1.54, 1.807) is 66.7 Å². The van der Waals surface area contributed by atoms with Crippen LogP contribution >= 0.6 is 0 Å². The standard InChI is InChI=1S/C42H32F3NO10/c43-42(44,45)41(46-31-24-14-5-15-25-31)56-40-35(54-39(50)30-22-12-4-13-23-30)34(53-38(49)29-20-10-3-11-21-29)33(55-40)32(52-37(48)28-18-8-2-9-19-28)26-51-36(47)27-16-6-1-7-17-27/h1-25,32-35,40H,26H2/t32-,33+,34+,35-,40?/m1/s1. The fourth-order valence-corrected chi connectivity index (χ4v) is 5.51. The zero-order chi connectivity index (χ0) is 39.5. The summed E-state index contributed by atoms with van der Waals surface area (Å²) < 4.78 is 78.2. The van der Waals surface area contributed by atoms with Crippen molar-refractivity contribution in [2.24, 2.45) is 4.99 Å². The largest absolute Gasteiger partial charge is 0.468 e. The first-order valence-electron chi connectivity index (χ1n) is 17.1. The van der Waals surface area contributed by atoms with Gasteiger partial charge in [0.2, 0.25) is 12.4 Å². The van der Waals surface area contributed by atoms with Crippen molar-refractivity contribution in [2.45, 2.75) is 36.9 Å². The fourth-order valence-electron chi connectivity index (χ4n) is 5.51. The summed E-state index contributed by atoms with van der Waals surface area (Å²) >= 11 is 0. The molecule has 6 rings (SSSR count). The van der Waals surface area contributed by atoms with Crippen LogP contribution in [-0.2, 0) is 28.4 Å². The predicted octanol–water partition coefficient (Wildman–Crippen LogP) is 7.55. The molecule has 0 saturated carbocycles. The minimum Gasteiger partial charge on any atom is -0.458 e. The maximum absolute atomic E-state index is 14.6. The average Bonchev–Trinajstić information content (AvgIpc) is 3.55. The van der Waals surface area contributed by atoms with Gasteiger partial charge in [-0.25, -0.2) is 24.2 Å². The van der Waals surface area contributed by atoms with Crippen LogP contribution in [-0.4, -0.2) is 73.3 Å². The van der Waals surface area contributed by atoms with Crippen molar-refractivity contribution in [3.8, 4) is 0 Å². The van der Waals surface area contributed by atoms with Crippen molar-refractivity contribution in [1.29, 1.82) is 0 Å². The van der Waals surface area contributed by atoms with Crippen LogP contribution < -0.4 is 0 Å². The molecule has 0 spiro atoms. The van der Waals surface area contributed by atoms with Crippen LogP contribution in [0.2, 0.25) is 0 Å². The molecule has 0 amide bonds. The molecule has 1 heterocycles. The van der Waals surface area contributed by atoms with E-state index in [-0.39, 0.29) is 27.9 Å². The second-order valence-electron chi connectivity index (χ2n) is 12.1. The third-order valence-electron chi connectivity index (χ3n) is 8.19. The molecule has 56 heavy (non-hydrogen) atoms. The van der Waals surface area contributed by atoms with Crippen LogP contribution in [0.25, 0.3) is 0 Å². The van der Waals surface area contributed by atoms with Crippen molar-refractivity contribution >= 4 is 35.5 Å². The Bertz CT molecular complexity index is 2120. The summed E-state index contributed by atoms with van der Waals surface area (Å²) in [5.41, 5.74) is 0.0425. The van der Waals surface area contributed by atoms with Crippen LogP contribution in [0.5, 0.6) is 0 Å². The molecule has 0 aromatic heterocycles. The van der Waals surface area contributed by atoms with Crippen molar-refractivity contribution in [3.05, 3.63) is 174 Å². The third-order valence-corrected chi connectivity index (χ3v) is 8.19. The van der Waals surface area contributed by atoms with Gasteiger partial charge in [0.1, 0.15) is 12.7 Å². The number of carbonyl (C=O) groups is 4. The lowest BCUT2D eigenvalue weighted by molar-refractivity contribution is -0.164. The predicted molar refractivity (Wildman–Crippen MR) is 193 cm³/mol. The van der Waals surface area contributed by atoms with E-state index in [0.717, 1.165) is 0 Å². The molecular weight excluding hydrogens is 735 g/mol. The first kappa shape index (κ1) is 38.9. The first-order chi connectivity index (χ1) is 27.1. The number of carbonyl (C=O) groups excluding carboxylic acids is 4. The van der Waals surface area contributed by atoms with Gasteiger partial charge < -0.3 is 28.4 Å². The summed E-state index contributed by atoms with van der Waals surface area (Å²) in [6, 6.07) is 37.5. The summed E-state index contributed by atoms with van der Waals surface area (Å²) in [6.45, 7) is -0.757. The third kappa shape index (κ3) is 10.0. The van der Waals surface area contributed by atoms with Gasteiger partial charge in [-0.1, -0.05) is 91.0 Å². The monoisotopic (exact) mass is 767 g/mol. The Morgan fingerprint density at radius 2 is 0.964 bits per heavy atom. The van der Waals surface area contributed by atoms with Crippen molar-refractivity contribution < 1.29 is 60.8 Å². The summed E-state index contributed by atoms with van der Waals surface area (Å²) in [7, 11) is 0. The van der Waals surface area contributed by atoms with Gasteiger partial charge in [0.05, 0.1) is 27.9 Å². The second kappa shape index (κ2) is 18.0. The summed E-state index contributed by atoms with van der Waals surface area (Å²) in [4.78, 5) is 57.4. The number of halogens is 3. The highest BCUT2D eigenvalue weighted by Gasteiger charge is 2.57. The maximum Gasteiger partial charge on any atom is 0.468 e. The Hall–Kier alpha value is -6.80. The van der Waals surface area contributed by atoms with Crippen molar-refractivity contribution in [3.63, 3.8) is 0 Å². The summed E-state index contributed by atoms with van der Waals surface area (Å²) in [5.74, 6) is -5.65. The Morgan fingerprint density at radius 1 is 0.554 bits per heavy atom. The molecule has 5 atom stereocenters. The molecule has 5 aromatic rings. The Morgan fingerprint density at radius 3 is 1.43 bits per heavy atom. The Balaban J connectivity index is 1.43. The van der Waals surface area contributed by atoms with Crippen LogP contribution in [0.15, 0.2) is 157 Å². The van der Waals surface area contributed by atoms with E-state index in [1.165, 1.54) is 84.9 Å². The highest BCUT2D eigenvalue weighted by atomic mass is 19.4. The van der Waals surface area contributed by atoms with Crippen LogP contribution in [0.1, 0.15) is 41.4 Å². The number of benzene rings is 5. The Kier molecular flexibility index (Phi) is 12.5. The zero-order valence-corrected chi connectivity index (χ0v) is 29.2. The molecule has 14 heteroatoms. The SMILES string of the molecule is O=C(OC[C@@H](OC(=O)c1ccccc1)[C@@H]1OC(OC(=Nc2ccccc2)C(F)(F)F)[C@H](OC(=O)c2ccccc2)[C@H]1OC(=O)c1ccccc1)c1ccccc1. The minimum atomic E-state index is -5.22. The van der Waals surface area contributed by atoms with Gasteiger partial charge in [0.25, 0.3) is 5.90 Å². The van der Waals surface area contributed by atoms with E-state index < -0.39 is 73.3 Å². The molecule has 1 aliphatic rings. The second-order valence-corrected chi connectivity index (χ2v) is 12.1. The fraction of sp³-hybridized carbons (Fsp3) is 0.167. The molecule has 1 unspecified atom stereocenters. The number of hydrogen-bond donors (Lipinski definition) is 0. The first-order valence-corrected chi connectivity index (χ1v) is 17.1. The molecule has 0 radical (unpaired) electrons. The molecule has 0 N–H and O–H groups in total. The zero-order valence-electron chi connectivity index (χ0n) is 29.2. The number of alkyl halides is 3. The number of hydrogen-bond acceptors (Lipinski definition) is 11. The smallest absolute Gasteiger partial charge is 0.458 e. The molecule has 11 nitrogen and oxygen atoms in total. The minimum absolute atomic E-state index is 0.0127. The lowest BCUT2D eigenvalue weighted by Crippen LogP contribution is -2.47. The summed E-state index contributed by atoms with van der Waals surface area (Å²) in [5, 5.41) is 0. The normalized spacial score (nSPS) is 18.6. The highest BCUT2D eigenvalue weighted by Crippen LogP contribution is 2.35. The number of rotatable bonds is 12. The van der Waals surface area contributed by atoms with E-state index in [4.69, 9.17) is 28.4 Å². The molecule has 1 fully saturated rings. The average molecular weight is 768 g/mol. The number of aliphatic imine (C=N–C) groups is 1. The quantitative estimate of drug-likeness (QED) is 0.0542. The van der Waals surface area contributed by atoms with Crippen LogP contribution in [0.3, 0.4) is 0 Å². The van der Waals surface area contributed by atoms with Gasteiger partial charge in [0.15, 0.2) is 12.2 Å². The highest BCUT2D eigenvalue weighted by molar-refractivity contribution is 5.91. The van der Waals surface area contributed by atoms with E-state index >= 15 is 0 Å². The van der Waals surface area contributed by atoms with E-state index in [9.17, 15) is 32.3 Å². The molecule has 0 aliphatic carbocycles. The van der Waals surface area contributed by atoms with Crippen LogP contribution in [0, 0.1) is 0 Å². The molecule has 1 aliphatic heterocycles. The lowest BCUT2D eigenvalue weighted by atomic mass is 10.0. The summed E-state index contributed by atoms with van der Waals surface area (Å²) in [6.07, 6.45) is -14.7. The van der Waals surface area contributed by atoms with Gasteiger partial charge in [-0.15, -0.1) is 0 Å². The van der Waals surface area contributed by atoms with Gasteiger partial charge in [-0.05, 0) is 60.7 Å². The van der Waals surface area contributed by atoms with Crippen LogP contribution in [0.4, 0.5) is 18.9 Å². The molecule has 0 bridgehead atoms. The van der Waals surface area contributed by atoms with E-state index in [2.05, 4.69) is 4.99 Å². The number of para-hydroxylation sites is 1. The van der Waals surface area contributed by atoms with Crippen molar-refractivity contribution in [2.75, 3.05) is 6.61 Å².